The Morgan fingerprint density at radius 1 is 0.885 bits per heavy atom. The molecule has 1 heterocycles. The molecule has 3 rings (SSSR count). The lowest BCUT2D eigenvalue weighted by Gasteiger charge is -2.12. The summed E-state index contributed by atoms with van der Waals surface area (Å²) in [6, 6.07) is 8.77. The van der Waals surface area contributed by atoms with Crippen molar-refractivity contribution in [3.8, 4) is 22.3 Å². The monoisotopic (exact) mass is 501 g/mol. The first-order valence-electron chi connectivity index (χ1n) is 7.27. The van der Waals surface area contributed by atoms with E-state index in [0.717, 1.165) is 26.8 Å². The van der Waals surface area contributed by atoms with Crippen LogP contribution in [0.25, 0.3) is 22.3 Å². The Labute approximate surface area is 166 Å². The Morgan fingerprint density at radius 2 is 1.62 bits per heavy atom. The van der Waals surface area contributed by atoms with Gasteiger partial charge in [0.15, 0.2) is 9.84 Å². The fourth-order valence-electron chi connectivity index (χ4n) is 2.54. The molecule has 0 spiro atoms. The van der Waals surface area contributed by atoms with Crippen LogP contribution in [0.15, 0.2) is 62.6 Å². The average Bonchev–Trinajstić information content (AvgIpc) is 2.58. The molecule has 0 amide bonds. The second-order valence-electron chi connectivity index (χ2n) is 5.58. The van der Waals surface area contributed by atoms with Crippen molar-refractivity contribution in [3.63, 3.8) is 0 Å². The number of aromatic nitrogens is 1. The molecule has 0 bridgehead atoms. The zero-order valence-electron chi connectivity index (χ0n) is 13.3. The molecule has 3 nitrogen and oxygen atoms in total. The number of hydrogen-bond donors (Lipinski definition) is 0. The fourth-order valence-corrected chi connectivity index (χ4v) is 3.90. The van der Waals surface area contributed by atoms with Crippen molar-refractivity contribution in [2.75, 3.05) is 6.26 Å². The predicted octanol–water partition coefficient (Wildman–Crippen LogP) is 5.62. The average molecular weight is 503 g/mol. The number of pyridine rings is 1. The zero-order valence-corrected chi connectivity index (χ0v) is 17.3. The zero-order chi connectivity index (χ0) is 19.1. The maximum Gasteiger partial charge on any atom is 0.178 e. The predicted molar refractivity (Wildman–Crippen MR) is 104 cm³/mol. The van der Waals surface area contributed by atoms with Crippen LogP contribution in [0.2, 0.25) is 0 Å². The molecular weight excluding hydrogens is 492 g/mol. The van der Waals surface area contributed by atoms with Gasteiger partial charge in [-0.1, -0.05) is 6.07 Å². The van der Waals surface area contributed by atoms with Crippen molar-refractivity contribution in [2.24, 2.45) is 0 Å². The van der Waals surface area contributed by atoms with Crippen LogP contribution in [0.1, 0.15) is 0 Å². The van der Waals surface area contributed by atoms with Gasteiger partial charge >= 0.3 is 0 Å². The SMILES string of the molecule is CS(=O)(=O)c1cc(F)c(-c2cnccc2-c2ccc(Br)c(Br)c2)cc1F. The molecule has 3 aromatic rings. The molecular formula is C18H11Br2F2NO2S. The number of halogens is 4. The summed E-state index contributed by atoms with van der Waals surface area (Å²) < 4.78 is 53.7. The third kappa shape index (κ3) is 3.72. The van der Waals surface area contributed by atoms with E-state index >= 15 is 0 Å². The van der Waals surface area contributed by atoms with Crippen LogP contribution in [0.5, 0.6) is 0 Å². The van der Waals surface area contributed by atoms with E-state index in [1.54, 1.807) is 12.3 Å². The molecule has 0 aliphatic heterocycles. The second-order valence-corrected chi connectivity index (χ2v) is 9.28. The highest BCUT2D eigenvalue weighted by Gasteiger charge is 2.20. The van der Waals surface area contributed by atoms with Crippen molar-refractivity contribution in [2.45, 2.75) is 4.90 Å². The topological polar surface area (TPSA) is 47.0 Å². The van der Waals surface area contributed by atoms with Gasteiger partial charge in [-0.2, -0.15) is 0 Å². The van der Waals surface area contributed by atoms with Gasteiger partial charge in [0.1, 0.15) is 16.5 Å². The number of benzene rings is 2. The van der Waals surface area contributed by atoms with Gasteiger partial charge in [-0.25, -0.2) is 17.2 Å². The molecule has 0 N–H and O–H groups in total. The van der Waals surface area contributed by atoms with E-state index in [4.69, 9.17) is 0 Å². The third-order valence-corrected chi connectivity index (χ3v) is 6.75. The summed E-state index contributed by atoms with van der Waals surface area (Å²) in [7, 11) is -3.87. The van der Waals surface area contributed by atoms with E-state index in [9.17, 15) is 17.2 Å². The van der Waals surface area contributed by atoms with Crippen LogP contribution in [0.4, 0.5) is 8.78 Å². The maximum atomic E-state index is 14.6. The molecule has 8 heteroatoms. The first-order valence-corrected chi connectivity index (χ1v) is 10.7. The summed E-state index contributed by atoms with van der Waals surface area (Å²) in [5.74, 6) is -1.84. The van der Waals surface area contributed by atoms with Crippen LogP contribution in [0.3, 0.4) is 0 Å². The highest BCUT2D eigenvalue weighted by Crippen LogP contribution is 2.36. The Balaban J connectivity index is 2.23. The summed E-state index contributed by atoms with van der Waals surface area (Å²) >= 11 is 6.81. The molecule has 0 atom stereocenters. The molecule has 0 fully saturated rings. The van der Waals surface area contributed by atoms with Crippen molar-refractivity contribution in [1.29, 1.82) is 0 Å². The second kappa shape index (κ2) is 7.17. The van der Waals surface area contributed by atoms with Crippen molar-refractivity contribution in [1.82, 2.24) is 4.98 Å². The number of sulfone groups is 1. The normalized spacial score (nSPS) is 11.6. The lowest BCUT2D eigenvalue weighted by Crippen LogP contribution is -2.03. The summed E-state index contributed by atoms with van der Waals surface area (Å²) in [6.45, 7) is 0. The molecule has 0 aliphatic rings. The van der Waals surface area contributed by atoms with E-state index in [1.165, 1.54) is 6.20 Å². The summed E-state index contributed by atoms with van der Waals surface area (Å²) in [4.78, 5) is 3.33. The van der Waals surface area contributed by atoms with Crippen LogP contribution < -0.4 is 0 Å². The Hall–Kier alpha value is -1.64. The molecule has 1 aromatic heterocycles. The van der Waals surface area contributed by atoms with Crippen molar-refractivity contribution < 1.29 is 17.2 Å². The van der Waals surface area contributed by atoms with Crippen LogP contribution >= 0.6 is 31.9 Å². The molecule has 2 aromatic carbocycles. The molecule has 0 radical (unpaired) electrons. The minimum Gasteiger partial charge on any atom is -0.264 e. The molecule has 0 unspecified atom stereocenters. The Kier molecular flexibility index (Phi) is 5.28. The van der Waals surface area contributed by atoms with Gasteiger partial charge in [0.25, 0.3) is 0 Å². The largest absolute Gasteiger partial charge is 0.264 e. The molecule has 26 heavy (non-hydrogen) atoms. The van der Waals surface area contributed by atoms with E-state index < -0.39 is 26.4 Å². The van der Waals surface area contributed by atoms with Crippen LogP contribution in [-0.2, 0) is 9.84 Å². The van der Waals surface area contributed by atoms with Gasteiger partial charge in [-0.15, -0.1) is 0 Å². The first kappa shape index (κ1) is 19.1. The highest BCUT2D eigenvalue weighted by atomic mass is 79.9. The summed E-state index contributed by atoms with van der Waals surface area (Å²) in [6.07, 6.45) is 3.80. The lowest BCUT2D eigenvalue weighted by molar-refractivity contribution is 0.557. The third-order valence-electron chi connectivity index (χ3n) is 3.76. The van der Waals surface area contributed by atoms with Crippen molar-refractivity contribution >= 4 is 41.7 Å². The Bertz CT molecular complexity index is 1120. The van der Waals surface area contributed by atoms with Crippen LogP contribution in [0, 0.1) is 11.6 Å². The van der Waals surface area contributed by atoms with E-state index in [1.807, 2.05) is 18.2 Å². The van der Waals surface area contributed by atoms with E-state index in [0.29, 0.717) is 17.2 Å². The lowest BCUT2D eigenvalue weighted by atomic mass is 9.96. The standard InChI is InChI=1S/C18H11Br2F2NO2S/c1-26(24,25)18-8-16(21)12(7-17(18)22)13-9-23-5-4-11(13)10-2-3-14(19)15(20)6-10/h2-9H,1H3. The van der Waals surface area contributed by atoms with Gasteiger partial charge in [-0.3, -0.25) is 4.98 Å². The molecule has 134 valence electrons. The first-order chi connectivity index (χ1) is 12.2. The van der Waals surface area contributed by atoms with Gasteiger partial charge in [-0.05, 0) is 73.3 Å². The number of hydrogen-bond acceptors (Lipinski definition) is 3. The highest BCUT2D eigenvalue weighted by molar-refractivity contribution is 9.13. The molecule has 0 aliphatic carbocycles. The van der Waals surface area contributed by atoms with E-state index in [-0.39, 0.29) is 5.56 Å². The molecule has 0 saturated carbocycles. The van der Waals surface area contributed by atoms with Gasteiger partial charge in [0.05, 0.1) is 0 Å². The minimum absolute atomic E-state index is 0.0583. The summed E-state index contributed by atoms with van der Waals surface area (Å²) in [5, 5.41) is 0. The summed E-state index contributed by atoms with van der Waals surface area (Å²) in [5.41, 5.74) is 1.71. The van der Waals surface area contributed by atoms with Gasteiger partial charge in [0.2, 0.25) is 0 Å². The maximum absolute atomic E-state index is 14.6. The number of nitrogens with zero attached hydrogens (tertiary/aromatic N) is 1. The fraction of sp³-hybridized carbons (Fsp3) is 0.0556. The van der Waals surface area contributed by atoms with Gasteiger partial charge < -0.3 is 0 Å². The Morgan fingerprint density at radius 3 is 2.27 bits per heavy atom. The molecule has 0 saturated heterocycles. The van der Waals surface area contributed by atoms with E-state index in [2.05, 4.69) is 36.8 Å². The number of rotatable bonds is 3. The van der Waals surface area contributed by atoms with Crippen molar-refractivity contribution in [3.05, 3.63) is 69.4 Å². The van der Waals surface area contributed by atoms with Crippen LogP contribution in [-0.4, -0.2) is 19.7 Å². The smallest absolute Gasteiger partial charge is 0.178 e. The quantitative estimate of drug-likeness (QED) is 0.466. The minimum atomic E-state index is -3.87. The van der Waals surface area contributed by atoms with Gasteiger partial charge in [0, 0.05) is 38.7 Å².